The van der Waals surface area contributed by atoms with E-state index >= 15 is 0 Å². The van der Waals surface area contributed by atoms with E-state index in [1.807, 2.05) is 6.92 Å². The number of ether oxygens (including phenoxy) is 1. The minimum atomic E-state index is -0.144. The molecule has 7 heteroatoms. The van der Waals surface area contributed by atoms with Crippen molar-refractivity contribution in [3.63, 3.8) is 0 Å². The third kappa shape index (κ3) is 3.87. The van der Waals surface area contributed by atoms with Gasteiger partial charge in [-0.05, 0) is 25.2 Å². The molecule has 0 aromatic carbocycles. The number of carbonyl (C=O) groups is 1. The van der Waals surface area contributed by atoms with E-state index in [-0.39, 0.29) is 11.3 Å². The highest BCUT2D eigenvalue weighted by Gasteiger charge is 2.28. The zero-order valence-electron chi connectivity index (χ0n) is 11.4. The quantitative estimate of drug-likeness (QED) is 0.857. The van der Waals surface area contributed by atoms with Crippen LogP contribution >= 0.6 is 11.3 Å². The molecule has 1 aromatic heterocycles. The van der Waals surface area contributed by atoms with Crippen molar-refractivity contribution in [1.29, 1.82) is 0 Å². The van der Waals surface area contributed by atoms with Crippen LogP contribution in [0.25, 0.3) is 0 Å². The number of amides is 1. The van der Waals surface area contributed by atoms with E-state index in [4.69, 9.17) is 4.74 Å². The number of anilines is 1. The maximum absolute atomic E-state index is 12.0. The van der Waals surface area contributed by atoms with Crippen molar-refractivity contribution >= 4 is 22.4 Å². The molecule has 2 heterocycles. The van der Waals surface area contributed by atoms with Gasteiger partial charge >= 0.3 is 0 Å². The molecule has 0 saturated carbocycles. The van der Waals surface area contributed by atoms with Crippen molar-refractivity contribution in [2.45, 2.75) is 26.7 Å². The second kappa shape index (κ2) is 6.29. The lowest BCUT2D eigenvalue weighted by atomic mass is 9.82. The molecule has 2 rings (SSSR count). The highest BCUT2D eigenvalue weighted by molar-refractivity contribution is 7.17. The molecule has 0 spiro atoms. The normalized spacial score (nSPS) is 18.0. The van der Waals surface area contributed by atoms with Crippen LogP contribution in [0.5, 0.6) is 0 Å². The van der Waals surface area contributed by atoms with Crippen molar-refractivity contribution in [3.8, 4) is 0 Å². The summed E-state index contributed by atoms with van der Waals surface area (Å²) < 4.78 is 5.35. The van der Waals surface area contributed by atoms with Gasteiger partial charge in [0.1, 0.15) is 0 Å². The topological polar surface area (TPSA) is 76.1 Å². The predicted molar refractivity (Wildman–Crippen MR) is 74.6 cm³/mol. The molecule has 1 fully saturated rings. The monoisotopic (exact) mass is 284 g/mol. The Morgan fingerprint density at radius 3 is 2.84 bits per heavy atom. The first-order chi connectivity index (χ1) is 9.13. The van der Waals surface area contributed by atoms with Crippen LogP contribution in [0.1, 0.15) is 36.5 Å². The summed E-state index contributed by atoms with van der Waals surface area (Å²) in [6, 6.07) is 0. The van der Waals surface area contributed by atoms with Gasteiger partial charge in [0.2, 0.25) is 10.1 Å². The first-order valence-corrected chi connectivity index (χ1v) is 7.38. The molecule has 1 aliphatic rings. The van der Waals surface area contributed by atoms with E-state index in [9.17, 15) is 4.79 Å². The highest BCUT2D eigenvalue weighted by atomic mass is 32.1. The lowest BCUT2D eigenvalue weighted by molar-refractivity contribution is 0.0238. The smallest absolute Gasteiger partial charge is 0.282 e. The molecule has 2 N–H and O–H groups in total. The van der Waals surface area contributed by atoms with Crippen molar-refractivity contribution in [3.05, 3.63) is 5.01 Å². The molecular formula is C12H20N4O2S. The average molecular weight is 284 g/mol. The molecule has 106 valence electrons. The summed E-state index contributed by atoms with van der Waals surface area (Å²) in [5.41, 5.74) is 0.128. The largest absolute Gasteiger partial charge is 0.381 e. The van der Waals surface area contributed by atoms with E-state index in [2.05, 4.69) is 27.8 Å². The predicted octanol–water partition coefficient (Wildman–Crippen LogP) is 1.52. The van der Waals surface area contributed by atoms with Crippen LogP contribution in [0.4, 0.5) is 5.13 Å². The molecule has 19 heavy (non-hydrogen) atoms. The fourth-order valence-corrected chi connectivity index (χ4v) is 2.68. The Kier molecular flexibility index (Phi) is 4.71. The summed E-state index contributed by atoms with van der Waals surface area (Å²) in [4.78, 5) is 12.0. The Labute approximate surface area is 116 Å². The third-order valence-corrected chi connectivity index (χ3v) is 4.20. The molecule has 6 nitrogen and oxygen atoms in total. The molecule has 0 atom stereocenters. The van der Waals surface area contributed by atoms with Gasteiger partial charge in [0, 0.05) is 26.3 Å². The Bertz CT molecular complexity index is 429. The minimum absolute atomic E-state index is 0.128. The fraction of sp³-hybridized carbons (Fsp3) is 0.750. The van der Waals surface area contributed by atoms with E-state index in [0.29, 0.717) is 16.7 Å². The summed E-state index contributed by atoms with van der Waals surface area (Å²) >= 11 is 1.28. The summed E-state index contributed by atoms with van der Waals surface area (Å²) in [7, 11) is 0. The van der Waals surface area contributed by atoms with Crippen LogP contribution in [0.3, 0.4) is 0 Å². The van der Waals surface area contributed by atoms with Crippen LogP contribution in [-0.4, -0.2) is 42.4 Å². The summed E-state index contributed by atoms with van der Waals surface area (Å²) in [6.45, 7) is 7.14. The van der Waals surface area contributed by atoms with Crippen molar-refractivity contribution in [2.75, 3.05) is 31.6 Å². The Morgan fingerprint density at radius 1 is 1.42 bits per heavy atom. The molecule has 1 aromatic rings. The van der Waals surface area contributed by atoms with Gasteiger partial charge in [-0.15, -0.1) is 10.2 Å². The molecule has 0 bridgehead atoms. The number of carbonyl (C=O) groups excluding carboxylic acids is 1. The summed E-state index contributed by atoms with van der Waals surface area (Å²) in [5, 5.41) is 14.9. The Morgan fingerprint density at radius 2 is 2.16 bits per heavy atom. The molecule has 1 aliphatic heterocycles. The molecule has 0 radical (unpaired) electrons. The van der Waals surface area contributed by atoms with E-state index in [1.54, 1.807) is 0 Å². The summed E-state index contributed by atoms with van der Waals surface area (Å²) in [6.07, 6.45) is 1.96. The number of rotatable bonds is 5. The van der Waals surface area contributed by atoms with Gasteiger partial charge in [-0.2, -0.15) is 0 Å². The van der Waals surface area contributed by atoms with Crippen LogP contribution in [0.15, 0.2) is 0 Å². The highest BCUT2D eigenvalue weighted by Crippen LogP contribution is 2.28. The van der Waals surface area contributed by atoms with Gasteiger partial charge in [-0.25, -0.2) is 0 Å². The maximum Gasteiger partial charge on any atom is 0.282 e. The zero-order valence-corrected chi connectivity index (χ0v) is 12.2. The molecule has 1 amide bonds. The van der Waals surface area contributed by atoms with Crippen molar-refractivity contribution < 1.29 is 9.53 Å². The lowest BCUT2D eigenvalue weighted by Gasteiger charge is -2.33. The van der Waals surface area contributed by atoms with Crippen molar-refractivity contribution in [1.82, 2.24) is 15.5 Å². The number of nitrogens with one attached hydrogen (secondary N) is 2. The average Bonchev–Trinajstić information content (AvgIpc) is 2.86. The van der Waals surface area contributed by atoms with E-state index < -0.39 is 0 Å². The number of nitrogens with zero attached hydrogens (tertiary/aromatic N) is 2. The van der Waals surface area contributed by atoms with Gasteiger partial charge in [0.05, 0.1) is 0 Å². The maximum atomic E-state index is 12.0. The van der Waals surface area contributed by atoms with Crippen LogP contribution in [0.2, 0.25) is 0 Å². The van der Waals surface area contributed by atoms with E-state index in [0.717, 1.165) is 32.6 Å². The molecule has 0 unspecified atom stereocenters. The van der Waals surface area contributed by atoms with Gasteiger partial charge in [0.25, 0.3) is 5.91 Å². The minimum Gasteiger partial charge on any atom is -0.381 e. The first-order valence-electron chi connectivity index (χ1n) is 6.56. The molecule has 1 saturated heterocycles. The Hall–Kier alpha value is -1.21. The summed E-state index contributed by atoms with van der Waals surface area (Å²) in [5.74, 6) is -0.144. The SMILES string of the molecule is CCNc1nnc(C(=O)NCC2(C)CCOCC2)s1. The number of hydrogen-bond acceptors (Lipinski definition) is 6. The molecular weight excluding hydrogens is 264 g/mol. The number of hydrogen-bond donors (Lipinski definition) is 2. The van der Waals surface area contributed by atoms with Gasteiger partial charge in [0.15, 0.2) is 0 Å². The number of aromatic nitrogens is 2. The Balaban J connectivity index is 1.86. The molecule has 0 aliphatic carbocycles. The zero-order chi connectivity index (χ0) is 13.7. The fourth-order valence-electron chi connectivity index (χ4n) is 1.95. The van der Waals surface area contributed by atoms with Crippen LogP contribution in [0, 0.1) is 5.41 Å². The van der Waals surface area contributed by atoms with Gasteiger partial charge in [-0.1, -0.05) is 18.3 Å². The van der Waals surface area contributed by atoms with E-state index in [1.165, 1.54) is 11.3 Å². The second-order valence-electron chi connectivity index (χ2n) is 5.05. The van der Waals surface area contributed by atoms with Crippen LogP contribution < -0.4 is 10.6 Å². The van der Waals surface area contributed by atoms with Crippen LogP contribution in [-0.2, 0) is 4.74 Å². The van der Waals surface area contributed by atoms with Crippen molar-refractivity contribution in [2.24, 2.45) is 5.41 Å². The second-order valence-corrected chi connectivity index (χ2v) is 6.03. The van der Waals surface area contributed by atoms with Gasteiger partial charge in [-0.3, -0.25) is 4.79 Å². The standard InChI is InChI=1S/C12H20N4O2S/c1-3-13-11-16-15-10(19-11)9(17)14-8-12(2)4-6-18-7-5-12/h3-8H2,1-2H3,(H,13,16)(H,14,17). The third-order valence-electron chi connectivity index (χ3n) is 3.32. The van der Waals surface area contributed by atoms with Gasteiger partial charge < -0.3 is 15.4 Å². The first kappa shape index (κ1) is 14.2. The lowest BCUT2D eigenvalue weighted by Crippen LogP contribution is -2.39.